The molecule has 5 heteroatoms. The highest BCUT2D eigenvalue weighted by atomic mass is 19.3. The number of carboxylic acid groups (broad SMARTS) is 1. The zero-order valence-corrected chi connectivity index (χ0v) is 6.46. The zero-order valence-electron chi connectivity index (χ0n) is 6.46. The lowest BCUT2D eigenvalue weighted by Crippen LogP contribution is -2.26. The van der Waals surface area contributed by atoms with E-state index < -0.39 is 23.7 Å². The quantitative estimate of drug-likeness (QED) is 0.767. The molecule has 1 unspecified atom stereocenters. The average Bonchev–Trinajstić information content (AvgIpc) is 2.52. The van der Waals surface area contributed by atoms with Gasteiger partial charge in [0.25, 0.3) is 5.92 Å². The molecule has 0 amide bonds. The van der Waals surface area contributed by atoms with E-state index in [4.69, 9.17) is 5.11 Å². The summed E-state index contributed by atoms with van der Waals surface area (Å²) >= 11 is 0. The lowest BCUT2D eigenvalue weighted by atomic mass is 9.99. The minimum Gasteiger partial charge on any atom is -0.480 e. The second-order valence-electron chi connectivity index (χ2n) is 3.10. The second-order valence-corrected chi connectivity index (χ2v) is 3.10. The summed E-state index contributed by atoms with van der Waals surface area (Å²) in [6, 6.07) is 1.26. The highest BCUT2D eigenvalue weighted by Gasteiger charge is 2.77. The number of aliphatic carboxylic acids is 1. The first kappa shape index (κ1) is 8.22. The molecule has 70 valence electrons. The van der Waals surface area contributed by atoms with Crippen LogP contribution in [0.5, 0.6) is 0 Å². The number of furan rings is 1. The van der Waals surface area contributed by atoms with E-state index >= 15 is 0 Å². The van der Waals surface area contributed by atoms with Gasteiger partial charge < -0.3 is 9.52 Å². The van der Waals surface area contributed by atoms with Gasteiger partial charge in [0.1, 0.15) is 0 Å². The molecular weight excluding hydrogens is 182 g/mol. The summed E-state index contributed by atoms with van der Waals surface area (Å²) < 4.78 is 30.3. The van der Waals surface area contributed by atoms with E-state index in [0.29, 0.717) is 0 Å². The number of carbonyl (C=O) groups is 1. The van der Waals surface area contributed by atoms with Gasteiger partial charge in [0.2, 0.25) is 0 Å². The lowest BCUT2D eigenvalue weighted by Gasteiger charge is -2.07. The highest BCUT2D eigenvalue weighted by Crippen LogP contribution is 2.61. The second kappa shape index (κ2) is 2.10. The molecule has 0 saturated heterocycles. The van der Waals surface area contributed by atoms with Gasteiger partial charge in [0, 0.05) is 12.0 Å². The van der Waals surface area contributed by atoms with Crippen LogP contribution in [-0.2, 0) is 10.2 Å². The third-order valence-electron chi connectivity index (χ3n) is 2.37. The Morgan fingerprint density at radius 2 is 2.23 bits per heavy atom. The van der Waals surface area contributed by atoms with Gasteiger partial charge in [-0.15, -0.1) is 0 Å². The molecule has 1 aromatic rings. The Morgan fingerprint density at radius 3 is 2.54 bits per heavy atom. The number of hydrogen-bond donors (Lipinski definition) is 1. The molecule has 1 heterocycles. The number of hydrogen-bond acceptors (Lipinski definition) is 2. The summed E-state index contributed by atoms with van der Waals surface area (Å²) in [5.41, 5.74) is -2.01. The van der Waals surface area contributed by atoms with Crippen LogP contribution in [0, 0.1) is 0 Å². The number of halogens is 2. The van der Waals surface area contributed by atoms with E-state index in [1.54, 1.807) is 0 Å². The molecule has 1 aliphatic carbocycles. The van der Waals surface area contributed by atoms with Crippen LogP contribution in [0.2, 0.25) is 0 Å². The van der Waals surface area contributed by atoms with Crippen LogP contribution in [0.25, 0.3) is 0 Å². The van der Waals surface area contributed by atoms with Crippen molar-refractivity contribution < 1.29 is 23.1 Å². The molecule has 1 atom stereocenters. The average molecular weight is 188 g/mol. The van der Waals surface area contributed by atoms with Crippen molar-refractivity contribution in [2.75, 3.05) is 0 Å². The first-order valence-corrected chi connectivity index (χ1v) is 3.64. The van der Waals surface area contributed by atoms with E-state index in [9.17, 15) is 13.6 Å². The van der Waals surface area contributed by atoms with Crippen molar-refractivity contribution in [2.45, 2.75) is 17.8 Å². The first-order chi connectivity index (χ1) is 6.01. The number of carboxylic acids is 1. The Kier molecular flexibility index (Phi) is 1.33. The van der Waals surface area contributed by atoms with Gasteiger partial charge >= 0.3 is 5.97 Å². The molecule has 13 heavy (non-hydrogen) atoms. The summed E-state index contributed by atoms with van der Waals surface area (Å²) in [5.74, 6) is -4.65. The molecule has 0 aliphatic heterocycles. The van der Waals surface area contributed by atoms with Gasteiger partial charge in [0.15, 0.2) is 5.41 Å². The molecule has 1 aromatic heterocycles. The molecule has 0 aromatic carbocycles. The SMILES string of the molecule is O=C(O)C1(c2ccoc2)CC1(F)F. The van der Waals surface area contributed by atoms with Crippen LogP contribution in [0.1, 0.15) is 12.0 Å². The van der Waals surface area contributed by atoms with Crippen LogP contribution in [0.4, 0.5) is 8.78 Å². The predicted molar refractivity (Wildman–Crippen MR) is 37.6 cm³/mol. The molecular formula is C8H6F2O3. The van der Waals surface area contributed by atoms with Crippen molar-refractivity contribution in [3.63, 3.8) is 0 Å². The van der Waals surface area contributed by atoms with Crippen LogP contribution in [-0.4, -0.2) is 17.0 Å². The van der Waals surface area contributed by atoms with Gasteiger partial charge in [-0.05, 0) is 6.07 Å². The van der Waals surface area contributed by atoms with Crippen molar-refractivity contribution in [2.24, 2.45) is 0 Å². The fourth-order valence-corrected chi connectivity index (χ4v) is 1.46. The Bertz CT molecular complexity index is 344. The van der Waals surface area contributed by atoms with Crippen molar-refractivity contribution in [1.82, 2.24) is 0 Å². The Hall–Kier alpha value is -1.39. The molecule has 0 radical (unpaired) electrons. The van der Waals surface area contributed by atoms with Crippen molar-refractivity contribution in [1.29, 1.82) is 0 Å². The van der Waals surface area contributed by atoms with Crippen LogP contribution in [0.3, 0.4) is 0 Å². The van der Waals surface area contributed by atoms with Gasteiger partial charge in [-0.25, -0.2) is 8.78 Å². The molecule has 0 spiro atoms. The highest BCUT2D eigenvalue weighted by molar-refractivity contribution is 5.87. The third-order valence-corrected chi connectivity index (χ3v) is 2.37. The van der Waals surface area contributed by atoms with Crippen molar-refractivity contribution in [3.8, 4) is 0 Å². The van der Waals surface area contributed by atoms with Gasteiger partial charge in [-0.2, -0.15) is 0 Å². The molecule has 1 fully saturated rings. The van der Waals surface area contributed by atoms with E-state index in [2.05, 4.69) is 4.42 Å². The predicted octanol–water partition coefficient (Wildman–Crippen LogP) is 1.64. The fraction of sp³-hybridized carbons (Fsp3) is 0.375. The Morgan fingerprint density at radius 1 is 1.62 bits per heavy atom. The van der Waals surface area contributed by atoms with Crippen molar-refractivity contribution >= 4 is 5.97 Å². The largest absolute Gasteiger partial charge is 0.480 e. The zero-order chi connectivity index (χ0) is 9.69. The van der Waals surface area contributed by atoms with Gasteiger partial charge in [-0.1, -0.05) is 0 Å². The molecule has 0 bridgehead atoms. The topological polar surface area (TPSA) is 50.4 Å². The molecule has 1 aliphatic rings. The minimum atomic E-state index is -3.15. The summed E-state index contributed by atoms with van der Waals surface area (Å²) in [5, 5.41) is 8.69. The molecule has 1 saturated carbocycles. The molecule has 2 rings (SSSR count). The first-order valence-electron chi connectivity index (χ1n) is 3.64. The summed E-state index contributed by atoms with van der Waals surface area (Å²) in [4.78, 5) is 10.7. The smallest absolute Gasteiger partial charge is 0.320 e. The Balaban J connectivity index is 2.45. The standard InChI is InChI=1S/C8H6F2O3/c9-8(10)4-7(8,6(11)12)5-1-2-13-3-5/h1-3H,4H2,(H,11,12). The third kappa shape index (κ3) is 0.839. The minimum absolute atomic E-state index is 0.0324. The maximum atomic E-state index is 12.8. The van der Waals surface area contributed by atoms with E-state index in [0.717, 1.165) is 6.26 Å². The molecule has 3 nitrogen and oxygen atoms in total. The maximum absolute atomic E-state index is 12.8. The van der Waals surface area contributed by atoms with Gasteiger partial charge in [0.05, 0.1) is 12.5 Å². The summed E-state index contributed by atoms with van der Waals surface area (Å²) in [6.07, 6.45) is 1.60. The van der Waals surface area contributed by atoms with E-state index in [1.807, 2.05) is 0 Å². The van der Waals surface area contributed by atoms with E-state index in [1.165, 1.54) is 12.3 Å². The van der Waals surface area contributed by atoms with Gasteiger partial charge in [-0.3, -0.25) is 4.79 Å². The van der Waals surface area contributed by atoms with Crippen molar-refractivity contribution in [3.05, 3.63) is 24.2 Å². The normalized spacial score (nSPS) is 30.0. The summed E-state index contributed by atoms with van der Waals surface area (Å²) in [7, 11) is 0. The van der Waals surface area contributed by atoms with E-state index in [-0.39, 0.29) is 5.56 Å². The summed E-state index contributed by atoms with van der Waals surface area (Å²) in [6.45, 7) is 0. The Labute approximate surface area is 72.0 Å². The van der Waals surface area contributed by atoms with Crippen LogP contribution in [0.15, 0.2) is 23.0 Å². The molecule has 1 N–H and O–H groups in total. The monoisotopic (exact) mass is 188 g/mol. The number of alkyl halides is 2. The van der Waals surface area contributed by atoms with Crippen LogP contribution >= 0.6 is 0 Å². The fourth-order valence-electron chi connectivity index (χ4n) is 1.46. The maximum Gasteiger partial charge on any atom is 0.320 e. The lowest BCUT2D eigenvalue weighted by molar-refractivity contribution is -0.143. The van der Waals surface area contributed by atoms with Crippen LogP contribution < -0.4 is 0 Å². The number of rotatable bonds is 2.